The van der Waals surface area contributed by atoms with E-state index in [0.717, 1.165) is 0 Å². The van der Waals surface area contributed by atoms with Crippen LogP contribution in [0.5, 0.6) is 5.75 Å². The molecule has 0 bridgehead atoms. The maximum atomic E-state index is 11.8. The quantitative estimate of drug-likeness (QED) is 0.848. The molecule has 0 fully saturated rings. The molecule has 0 saturated heterocycles. The van der Waals surface area contributed by atoms with Gasteiger partial charge < -0.3 is 10.1 Å². The molecule has 0 radical (unpaired) electrons. The molecule has 0 spiro atoms. The number of ether oxygens (including phenoxy) is 1. The highest BCUT2D eigenvalue weighted by Gasteiger charge is 2.31. The van der Waals surface area contributed by atoms with E-state index in [0.29, 0.717) is 17.2 Å². The van der Waals surface area contributed by atoms with Gasteiger partial charge in [-0.15, -0.1) is 0 Å². The number of halogens is 1. The summed E-state index contributed by atoms with van der Waals surface area (Å²) >= 11 is 3.54. The minimum absolute atomic E-state index is 0.0723. The average molecular weight is 284 g/mol. The maximum Gasteiger partial charge on any atom is 0.257 e. The molecule has 4 heteroatoms. The zero-order valence-electron chi connectivity index (χ0n) is 9.24. The summed E-state index contributed by atoms with van der Waals surface area (Å²) in [4.78, 5) is 11.9. The fourth-order valence-corrected chi connectivity index (χ4v) is 1.86. The van der Waals surface area contributed by atoms with Crippen molar-refractivity contribution in [1.82, 2.24) is 5.32 Å². The molecule has 0 aromatic heterocycles. The van der Waals surface area contributed by atoms with Crippen LogP contribution in [0.4, 0.5) is 0 Å². The van der Waals surface area contributed by atoms with E-state index in [2.05, 4.69) is 35.1 Å². The van der Waals surface area contributed by atoms with Crippen LogP contribution in [0.3, 0.4) is 0 Å². The van der Waals surface area contributed by atoms with E-state index in [1.54, 1.807) is 6.07 Å². The number of nitrogens with one attached hydrogen (secondary N) is 1. The molecule has 1 aromatic carbocycles. The molecule has 2 atom stereocenters. The van der Waals surface area contributed by atoms with Crippen molar-refractivity contribution < 1.29 is 9.53 Å². The molecule has 1 N–H and O–H groups in total. The maximum absolute atomic E-state index is 11.8. The predicted octanol–water partition coefficient (Wildman–Crippen LogP) is 2.55. The minimum atomic E-state index is -0.303. The van der Waals surface area contributed by atoms with Crippen molar-refractivity contribution >= 4 is 21.8 Å². The molecule has 2 unspecified atom stereocenters. The Kier molecular flexibility index (Phi) is 3.19. The van der Waals surface area contributed by atoms with Gasteiger partial charge >= 0.3 is 0 Å². The molecule has 1 amide bonds. The lowest BCUT2D eigenvalue weighted by Gasteiger charge is -2.31. The number of carbonyl (C=O) groups excluding carboxylic acids is 1. The van der Waals surface area contributed by atoms with Gasteiger partial charge in [-0.3, -0.25) is 4.79 Å². The van der Waals surface area contributed by atoms with Crippen LogP contribution in [0.15, 0.2) is 24.3 Å². The first kappa shape index (κ1) is 11.5. The lowest BCUT2D eigenvalue weighted by Crippen LogP contribution is -2.49. The summed E-state index contributed by atoms with van der Waals surface area (Å²) in [6, 6.07) is 7.28. The Labute approximate surface area is 103 Å². The number of carbonyl (C=O) groups is 1. The molecular formula is C12H14BrNO2. The van der Waals surface area contributed by atoms with Gasteiger partial charge in [-0.2, -0.15) is 0 Å². The second-order valence-electron chi connectivity index (χ2n) is 4.20. The van der Waals surface area contributed by atoms with E-state index in [-0.39, 0.29) is 17.0 Å². The molecule has 0 aliphatic carbocycles. The van der Waals surface area contributed by atoms with Crippen LogP contribution in [0.2, 0.25) is 0 Å². The van der Waals surface area contributed by atoms with Crippen LogP contribution in [0.1, 0.15) is 24.2 Å². The van der Waals surface area contributed by atoms with Crippen molar-refractivity contribution in [3.63, 3.8) is 0 Å². The number of rotatable bonds is 2. The summed E-state index contributed by atoms with van der Waals surface area (Å²) in [6.45, 7) is 4.16. The third-order valence-corrected chi connectivity index (χ3v) is 4.12. The minimum Gasteiger partial charge on any atom is -0.469 e. The number of alkyl halides is 1. The summed E-state index contributed by atoms with van der Waals surface area (Å²) in [5.74, 6) is 0.967. The van der Waals surface area contributed by atoms with Crippen LogP contribution in [-0.4, -0.2) is 17.0 Å². The van der Waals surface area contributed by atoms with Crippen molar-refractivity contribution in [2.45, 2.75) is 24.9 Å². The SMILES string of the molecule is CC(C)C(Br)C1NC(=O)c2ccccc2O1. The Balaban J connectivity index is 2.24. The first-order valence-corrected chi connectivity index (χ1v) is 6.22. The fraction of sp³-hybridized carbons (Fsp3) is 0.417. The normalized spacial score (nSPS) is 21.0. The topological polar surface area (TPSA) is 38.3 Å². The van der Waals surface area contributed by atoms with Gasteiger partial charge in [-0.25, -0.2) is 0 Å². The molecule has 1 aromatic rings. The molecule has 1 heterocycles. The summed E-state index contributed by atoms with van der Waals surface area (Å²) in [5, 5.41) is 2.85. The van der Waals surface area contributed by atoms with E-state index in [1.165, 1.54) is 0 Å². The Morgan fingerprint density at radius 1 is 1.38 bits per heavy atom. The van der Waals surface area contributed by atoms with Crippen molar-refractivity contribution in [3.05, 3.63) is 29.8 Å². The molecule has 2 rings (SSSR count). The number of amides is 1. The molecule has 16 heavy (non-hydrogen) atoms. The second-order valence-corrected chi connectivity index (χ2v) is 5.25. The first-order valence-electron chi connectivity index (χ1n) is 5.30. The molecule has 86 valence electrons. The van der Waals surface area contributed by atoms with Crippen LogP contribution < -0.4 is 10.1 Å². The van der Waals surface area contributed by atoms with Gasteiger partial charge in [-0.05, 0) is 18.1 Å². The van der Waals surface area contributed by atoms with Crippen LogP contribution in [-0.2, 0) is 0 Å². The zero-order chi connectivity index (χ0) is 11.7. The van der Waals surface area contributed by atoms with E-state index >= 15 is 0 Å². The Bertz CT molecular complexity index is 406. The van der Waals surface area contributed by atoms with Gasteiger partial charge in [0, 0.05) is 0 Å². The number of benzene rings is 1. The van der Waals surface area contributed by atoms with Gasteiger partial charge in [0.2, 0.25) is 0 Å². The molecule has 0 saturated carbocycles. The summed E-state index contributed by atoms with van der Waals surface area (Å²) in [7, 11) is 0. The van der Waals surface area contributed by atoms with Gasteiger partial charge in [0.15, 0.2) is 6.23 Å². The van der Waals surface area contributed by atoms with Crippen molar-refractivity contribution in [3.8, 4) is 5.75 Å². The van der Waals surface area contributed by atoms with Gasteiger partial charge in [0.05, 0.1) is 10.4 Å². The van der Waals surface area contributed by atoms with Crippen molar-refractivity contribution in [2.24, 2.45) is 5.92 Å². The number of fused-ring (bicyclic) bond motifs is 1. The Morgan fingerprint density at radius 3 is 2.75 bits per heavy atom. The molecule has 1 aliphatic heterocycles. The van der Waals surface area contributed by atoms with Crippen molar-refractivity contribution in [1.29, 1.82) is 0 Å². The smallest absolute Gasteiger partial charge is 0.257 e. The van der Waals surface area contributed by atoms with Crippen LogP contribution >= 0.6 is 15.9 Å². The summed E-state index contributed by atoms with van der Waals surface area (Å²) < 4.78 is 5.75. The highest BCUT2D eigenvalue weighted by atomic mass is 79.9. The predicted molar refractivity (Wildman–Crippen MR) is 65.9 cm³/mol. The number of hydrogen-bond donors (Lipinski definition) is 1. The third-order valence-electron chi connectivity index (χ3n) is 2.59. The Morgan fingerprint density at radius 2 is 2.06 bits per heavy atom. The van der Waals surface area contributed by atoms with Crippen molar-refractivity contribution in [2.75, 3.05) is 0 Å². The van der Waals surface area contributed by atoms with E-state index < -0.39 is 0 Å². The largest absolute Gasteiger partial charge is 0.469 e. The highest BCUT2D eigenvalue weighted by molar-refractivity contribution is 9.09. The van der Waals surface area contributed by atoms with E-state index in [1.807, 2.05) is 18.2 Å². The number of hydrogen-bond acceptors (Lipinski definition) is 2. The van der Waals surface area contributed by atoms with Gasteiger partial charge in [0.1, 0.15) is 5.75 Å². The lowest BCUT2D eigenvalue weighted by molar-refractivity contribution is 0.0733. The van der Waals surface area contributed by atoms with Gasteiger partial charge in [0.25, 0.3) is 5.91 Å². The molecular weight excluding hydrogens is 270 g/mol. The lowest BCUT2D eigenvalue weighted by atomic mass is 10.1. The van der Waals surface area contributed by atoms with Crippen LogP contribution in [0.25, 0.3) is 0 Å². The van der Waals surface area contributed by atoms with Gasteiger partial charge in [-0.1, -0.05) is 41.9 Å². The monoisotopic (exact) mass is 283 g/mol. The highest BCUT2D eigenvalue weighted by Crippen LogP contribution is 2.27. The zero-order valence-corrected chi connectivity index (χ0v) is 10.8. The Hall–Kier alpha value is -1.03. The standard InChI is InChI=1S/C12H14BrNO2/c1-7(2)10(13)12-14-11(15)8-5-3-4-6-9(8)16-12/h3-7,10,12H,1-2H3,(H,14,15). The second kappa shape index (κ2) is 4.45. The summed E-state index contributed by atoms with van der Waals surface area (Å²) in [6.07, 6.45) is -0.303. The average Bonchev–Trinajstić information content (AvgIpc) is 2.28. The molecule has 3 nitrogen and oxygen atoms in total. The van der Waals surface area contributed by atoms with E-state index in [9.17, 15) is 4.79 Å². The first-order chi connectivity index (χ1) is 7.59. The summed E-state index contributed by atoms with van der Waals surface area (Å²) in [5.41, 5.74) is 0.599. The third kappa shape index (κ3) is 2.07. The fourth-order valence-electron chi connectivity index (χ4n) is 1.62. The van der Waals surface area contributed by atoms with E-state index in [4.69, 9.17) is 4.74 Å². The molecule has 1 aliphatic rings. The number of para-hydroxylation sites is 1. The van der Waals surface area contributed by atoms with Crippen LogP contribution in [0, 0.1) is 5.92 Å².